The third-order valence-corrected chi connectivity index (χ3v) is 4.97. The van der Waals surface area contributed by atoms with Gasteiger partial charge >= 0.3 is 0 Å². The van der Waals surface area contributed by atoms with E-state index in [1.54, 1.807) is 0 Å². The molecular weight excluding hydrogens is 342 g/mol. The summed E-state index contributed by atoms with van der Waals surface area (Å²) in [6, 6.07) is 30.6. The fraction of sp³-hybridized carbons (Fsp3) is 0.0800. The molecule has 1 heterocycles. The molecule has 0 fully saturated rings. The molecule has 0 bridgehead atoms. The largest absolute Gasteiger partial charge is 0.394 e. The average Bonchev–Trinajstić information content (AvgIpc) is 3.05. The molecule has 0 amide bonds. The maximum atomic E-state index is 7.78. The number of hydrogen-bond donors (Lipinski definition) is 1. The highest BCUT2D eigenvalue weighted by Gasteiger charge is 2.23. The van der Waals surface area contributed by atoms with E-state index in [2.05, 4.69) is 33.7 Å². The van der Waals surface area contributed by atoms with Crippen LogP contribution in [-0.2, 0) is 13.0 Å². The molecule has 4 aromatic rings. The standard InChI is InChI=1S/C25H21N3/c1-27-23-22(20-13-7-3-8-14-20)24(21-15-9-4-10-16-21)28(25(23)26)18-17-19-11-5-2-6-12-19/h2-16H,17-18,26H2. The number of aryl methyl sites for hydroxylation is 1. The van der Waals surface area contributed by atoms with Crippen molar-refractivity contribution in [3.63, 3.8) is 0 Å². The summed E-state index contributed by atoms with van der Waals surface area (Å²) in [5, 5.41) is 0. The first-order valence-corrected chi connectivity index (χ1v) is 9.33. The molecule has 28 heavy (non-hydrogen) atoms. The molecule has 4 rings (SSSR count). The first-order chi connectivity index (χ1) is 13.8. The monoisotopic (exact) mass is 363 g/mol. The van der Waals surface area contributed by atoms with Gasteiger partial charge in [0, 0.05) is 17.8 Å². The van der Waals surface area contributed by atoms with Crippen molar-refractivity contribution in [1.82, 2.24) is 4.57 Å². The Labute approximate surface area is 165 Å². The minimum atomic E-state index is 0.526. The molecule has 0 saturated carbocycles. The highest BCUT2D eigenvalue weighted by molar-refractivity contribution is 5.97. The second kappa shape index (κ2) is 7.85. The van der Waals surface area contributed by atoms with E-state index in [4.69, 9.17) is 12.3 Å². The van der Waals surface area contributed by atoms with Gasteiger partial charge in [-0.2, -0.15) is 0 Å². The second-order valence-electron chi connectivity index (χ2n) is 6.69. The van der Waals surface area contributed by atoms with Crippen LogP contribution in [-0.4, -0.2) is 4.57 Å². The van der Waals surface area contributed by atoms with Gasteiger partial charge in [0.15, 0.2) is 0 Å². The van der Waals surface area contributed by atoms with Crippen LogP contribution in [0.25, 0.3) is 27.2 Å². The number of nitrogen functional groups attached to an aromatic ring is 1. The number of hydrogen-bond acceptors (Lipinski definition) is 1. The van der Waals surface area contributed by atoms with Crippen molar-refractivity contribution in [2.24, 2.45) is 0 Å². The number of aromatic nitrogens is 1. The molecule has 0 unspecified atom stereocenters. The molecule has 3 nitrogen and oxygen atoms in total. The van der Waals surface area contributed by atoms with Gasteiger partial charge < -0.3 is 10.3 Å². The van der Waals surface area contributed by atoms with Crippen LogP contribution in [0.5, 0.6) is 0 Å². The van der Waals surface area contributed by atoms with Crippen LogP contribution >= 0.6 is 0 Å². The second-order valence-corrected chi connectivity index (χ2v) is 6.69. The Hall–Kier alpha value is -3.77. The molecule has 0 aliphatic rings. The quantitative estimate of drug-likeness (QED) is 0.421. The lowest BCUT2D eigenvalue weighted by Crippen LogP contribution is -2.07. The van der Waals surface area contributed by atoms with Gasteiger partial charge in [-0.1, -0.05) is 91.0 Å². The van der Waals surface area contributed by atoms with Crippen molar-refractivity contribution >= 4 is 11.5 Å². The topological polar surface area (TPSA) is 35.3 Å². The molecule has 3 heteroatoms. The third-order valence-electron chi connectivity index (χ3n) is 4.97. The summed E-state index contributed by atoms with van der Waals surface area (Å²) < 4.78 is 2.10. The fourth-order valence-corrected chi connectivity index (χ4v) is 3.63. The van der Waals surface area contributed by atoms with E-state index in [1.807, 2.05) is 66.7 Å². The summed E-state index contributed by atoms with van der Waals surface area (Å²) in [6.45, 7) is 8.49. The summed E-state index contributed by atoms with van der Waals surface area (Å²) in [6.07, 6.45) is 0.852. The minimum absolute atomic E-state index is 0.526. The fourth-order valence-electron chi connectivity index (χ4n) is 3.63. The van der Waals surface area contributed by atoms with Crippen molar-refractivity contribution < 1.29 is 0 Å². The summed E-state index contributed by atoms with van der Waals surface area (Å²) in [5.74, 6) is 0.531. The van der Waals surface area contributed by atoms with Crippen molar-refractivity contribution in [3.8, 4) is 22.4 Å². The van der Waals surface area contributed by atoms with Crippen LogP contribution < -0.4 is 5.73 Å². The molecule has 0 radical (unpaired) electrons. The maximum Gasteiger partial charge on any atom is 0.235 e. The molecule has 136 valence electrons. The Morgan fingerprint density at radius 2 is 1.29 bits per heavy atom. The zero-order chi connectivity index (χ0) is 19.3. The summed E-state index contributed by atoms with van der Waals surface area (Å²) in [4.78, 5) is 3.81. The van der Waals surface area contributed by atoms with Gasteiger partial charge in [-0.05, 0) is 23.1 Å². The predicted molar refractivity (Wildman–Crippen MR) is 116 cm³/mol. The number of nitrogens with zero attached hydrogens (tertiary/aromatic N) is 2. The Morgan fingerprint density at radius 1 is 0.750 bits per heavy atom. The van der Waals surface area contributed by atoms with Crippen LogP contribution in [0.1, 0.15) is 5.56 Å². The summed E-state index contributed by atoms with van der Waals surface area (Å²) >= 11 is 0. The Balaban J connectivity index is 1.90. The first kappa shape index (κ1) is 17.6. The molecule has 3 aromatic carbocycles. The van der Waals surface area contributed by atoms with Gasteiger partial charge in [-0.25, -0.2) is 4.85 Å². The van der Waals surface area contributed by atoms with E-state index < -0.39 is 0 Å². The van der Waals surface area contributed by atoms with E-state index in [0.717, 1.165) is 35.3 Å². The van der Waals surface area contributed by atoms with Crippen LogP contribution in [0.4, 0.5) is 11.5 Å². The average molecular weight is 363 g/mol. The van der Waals surface area contributed by atoms with Crippen molar-refractivity contribution in [2.75, 3.05) is 5.73 Å². The van der Waals surface area contributed by atoms with Gasteiger partial charge in [0.1, 0.15) is 5.82 Å². The zero-order valence-electron chi connectivity index (χ0n) is 15.5. The number of nitrogens with two attached hydrogens (primary N) is 1. The smallest absolute Gasteiger partial charge is 0.235 e. The van der Waals surface area contributed by atoms with E-state index >= 15 is 0 Å². The van der Waals surface area contributed by atoms with Gasteiger partial charge in [0.2, 0.25) is 5.69 Å². The van der Waals surface area contributed by atoms with Gasteiger partial charge in [-0.15, -0.1) is 0 Å². The Kier molecular flexibility index (Phi) is 4.95. The number of rotatable bonds is 5. The van der Waals surface area contributed by atoms with Crippen LogP contribution in [0.3, 0.4) is 0 Å². The van der Waals surface area contributed by atoms with E-state index in [-0.39, 0.29) is 0 Å². The summed E-state index contributed by atoms with van der Waals surface area (Å²) in [7, 11) is 0. The lowest BCUT2D eigenvalue weighted by Gasteiger charge is -2.14. The SMILES string of the molecule is [C-]#[N+]c1c(-c2ccccc2)c(-c2ccccc2)n(CCc2ccccc2)c1N. The lowest BCUT2D eigenvalue weighted by molar-refractivity contribution is 0.717. The highest BCUT2D eigenvalue weighted by atomic mass is 15.1. The van der Waals surface area contributed by atoms with E-state index in [9.17, 15) is 0 Å². The molecule has 0 atom stereocenters. The first-order valence-electron chi connectivity index (χ1n) is 9.33. The zero-order valence-corrected chi connectivity index (χ0v) is 15.5. The van der Waals surface area contributed by atoms with Gasteiger partial charge in [-0.3, -0.25) is 0 Å². The lowest BCUT2D eigenvalue weighted by atomic mass is 10.00. The van der Waals surface area contributed by atoms with Crippen molar-refractivity contribution in [3.05, 3.63) is 108 Å². The van der Waals surface area contributed by atoms with E-state index in [0.29, 0.717) is 11.5 Å². The highest BCUT2D eigenvalue weighted by Crippen LogP contribution is 2.45. The normalized spacial score (nSPS) is 10.5. The molecule has 0 aliphatic heterocycles. The molecule has 0 aliphatic carbocycles. The van der Waals surface area contributed by atoms with Gasteiger partial charge in [0.05, 0.1) is 6.57 Å². The Morgan fingerprint density at radius 3 is 1.86 bits per heavy atom. The number of anilines is 1. The molecule has 2 N–H and O–H groups in total. The molecular formula is C25H21N3. The predicted octanol–water partition coefficient (Wildman–Crippen LogP) is 6.20. The van der Waals surface area contributed by atoms with Gasteiger partial charge in [0.25, 0.3) is 0 Å². The minimum Gasteiger partial charge on any atom is -0.394 e. The van der Waals surface area contributed by atoms with Crippen LogP contribution in [0.2, 0.25) is 0 Å². The number of benzene rings is 3. The maximum absolute atomic E-state index is 7.78. The molecule has 0 spiro atoms. The van der Waals surface area contributed by atoms with Crippen molar-refractivity contribution in [1.29, 1.82) is 0 Å². The molecule has 0 saturated heterocycles. The van der Waals surface area contributed by atoms with Crippen LogP contribution in [0.15, 0.2) is 91.0 Å². The summed E-state index contributed by atoms with van der Waals surface area (Å²) in [5.41, 5.74) is 12.3. The van der Waals surface area contributed by atoms with Crippen molar-refractivity contribution in [2.45, 2.75) is 13.0 Å². The third kappa shape index (κ3) is 3.28. The van der Waals surface area contributed by atoms with Crippen LogP contribution in [0, 0.1) is 6.57 Å². The molecule has 1 aromatic heterocycles. The van der Waals surface area contributed by atoms with E-state index in [1.165, 1.54) is 5.56 Å². The Bertz CT molecular complexity index is 1110.